The molecular formula is C16H18ClFN6. The average Bonchev–Trinajstić information content (AvgIpc) is 3.01. The van der Waals surface area contributed by atoms with Crippen molar-refractivity contribution in [2.75, 3.05) is 18.4 Å². The van der Waals surface area contributed by atoms with Crippen molar-refractivity contribution >= 4 is 28.5 Å². The number of fused-ring (bicyclic) bond motifs is 1. The molecule has 3 N–H and O–H groups in total. The van der Waals surface area contributed by atoms with Crippen LogP contribution in [0.5, 0.6) is 0 Å². The van der Waals surface area contributed by atoms with Gasteiger partial charge in [-0.1, -0.05) is 11.6 Å². The van der Waals surface area contributed by atoms with Crippen LogP contribution in [0, 0.1) is 5.82 Å². The zero-order valence-electron chi connectivity index (χ0n) is 12.8. The quantitative estimate of drug-likeness (QED) is 0.677. The molecule has 4 heterocycles. The van der Waals surface area contributed by atoms with Gasteiger partial charge in [-0.05, 0) is 32.0 Å². The molecule has 1 fully saturated rings. The van der Waals surface area contributed by atoms with Crippen molar-refractivity contribution < 1.29 is 5.82 Å². The number of hydrogen-bond donors (Lipinski definition) is 3. The van der Waals surface area contributed by atoms with Crippen molar-refractivity contribution in [2.45, 2.75) is 18.9 Å². The van der Waals surface area contributed by atoms with Gasteiger partial charge in [0.2, 0.25) is 0 Å². The molecule has 0 spiro atoms. The summed E-state index contributed by atoms with van der Waals surface area (Å²) >= 11 is 6.02. The monoisotopic (exact) mass is 348 g/mol. The highest BCUT2D eigenvalue weighted by Crippen LogP contribution is 2.28. The lowest BCUT2D eigenvalue weighted by molar-refractivity contribution is 0.475. The van der Waals surface area contributed by atoms with E-state index in [1.54, 1.807) is 18.5 Å². The van der Waals surface area contributed by atoms with Crippen LogP contribution in [0.25, 0.3) is 22.4 Å². The summed E-state index contributed by atoms with van der Waals surface area (Å²) in [4.78, 5) is 15.8. The van der Waals surface area contributed by atoms with E-state index in [1.807, 2.05) is 0 Å². The zero-order valence-corrected chi connectivity index (χ0v) is 13.6. The summed E-state index contributed by atoms with van der Waals surface area (Å²) in [6.07, 6.45) is 6.40. The van der Waals surface area contributed by atoms with Crippen molar-refractivity contribution in [3.63, 3.8) is 0 Å². The number of aromatic nitrogens is 4. The topological polar surface area (TPSA) is 78.5 Å². The first-order valence-corrected chi connectivity index (χ1v) is 8.21. The maximum atomic E-state index is 14.1. The predicted octanol–water partition coefficient (Wildman–Crippen LogP) is 3.22. The molecule has 0 unspecified atom stereocenters. The minimum atomic E-state index is -0.451. The number of anilines is 1. The van der Waals surface area contributed by atoms with Crippen LogP contribution in [0.15, 0.2) is 24.7 Å². The molecule has 0 atom stereocenters. The Morgan fingerprint density at radius 1 is 1.25 bits per heavy atom. The second-order valence-electron chi connectivity index (χ2n) is 5.81. The predicted molar refractivity (Wildman–Crippen MR) is 93.7 cm³/mol. The maximum Gasteiger partial charge on any atom is 0.183 e. The number of nitrogens with one attached hydrogen (secondary N) is 3. The third-order valence-electron chi connectivity index (χ3n) is 4.16. The number of H-pyrrole nitrogens is 1. The minimum absolute atomic E-state index is 0. The third kappa shape index (κ3) is 2.92. The van der Waals surface area contributed by atoms with Gasteiger partial charge in [-0.2, -0.15) is 0 Å². The first kappa shape index (κ1) is 15.3. The van der Waals surface area contributed by atoms with Gasteiger partial charge in [-0.15, -0.1) is 0 Å². The fourth-order valence-electron chi connectivity index (χ4n) is 2.92. The van der Waals surface area contributed by atoms with Crippen LogP contribution in [0.2, 0.25) is 5.02 Å². The van der Waals surface area contributed by atoms with E-state index in [4.69, 9.17) is 11.6 Å². The minimum Gasteiger partial charge on any atom is -0.365 e. The van der Waals surface area contributed by atoms with Gasteiger partial charge in [-0.3, -0.25) is 0 Å². The first-order chi connectivity index (χ1) is 11.7. The van der Waals surface area contributed by atoms with Crippen molar-refractivity contribution in [1.82, 2.24) is 25.3 Å². The molecule has 0 amide bonds. The Morgan fingerprint density at radius 3 is 2.92 bits per heavy atom. The Hall–Kier alpha value is -2.25. The summed E-state index contributed by atoms with van der Waals surface area (Å²) in [5.41, 5.74) is 1.43. The Kier molecular flexibility index (Phi) is 4.03. The van der Waals surface area contributed by atoms with E-state index >= 15 is 0 Å². The molecule has 3 aromatic rings. The highest BCUT2D eigenvalue weighted by molar-refractivity contribution is 6.31. The Morgan fingerprint density at radius 2 is 2.08 bits per heavy atom. The molecule has 1 aliphatic rings. The lowest BCUT2D eigenvalue weighted by atomic mass is 10.1. The van der Waals surface area contributed by atoms with Gasteiger partial charge in [-0.25, -0.2) is 19.3 Å². The molecule has 0 radical (unpaired) electrons. The fourth-order valence-corrected chi connectivity index (χ4v) is 3.08. The van der Waals surface area contributed by atoms with E-state index in [-0.39, 0.29) is 13.3 Å². The molecule has 1 aliphatic heterocycles. The van der Waals surface area contributed by atoms with Crippen LogP contribution in [-0.4, -0.2) is 39.1 Å². The molecule has 0 aromatic carbocycles. The molecule has 1 saturated heterocycles. The van der Waals surface area contributed by atoms with Gasteiger partial charge >= 0.3 is 0 Å². The highest BCUT2D eigenvalue weighted by Gasteiger charge is 2.17. The van der Waals surface area contributed by atoms with Crippen LogP contribution in [-0.2, 0) is 0 Å². The van der Waals surface area contributed by atoms with Crippen molar-refractivity contribution in [3.05, 3.63) is 35.5 Å². The fraction of sp³-hybridized carbons (Fsp3) is 0.312. The largest absolute Gasteiger partial charge is 0.365 e. The van der Waals surface area contributed by atoms with Crippen LogP contribution >= 0.6 is 11.6 Å². The van der Waals surface area contributed by atoms with Gasteiger partial charge in [0.25, 0.3) is 0 Å². The molecule has 8 heteroatoms. The molecule has 126 valence electrons. The highest BCUT2D eigenvalue weighted by atomic mass is 35.5. The van der Waals surface area contributed by atoms with Gasteiger partial charge < -0.3 is 15.6 Å². The summed E-state index contributed by atoms with van der Waals surface area (Å²) in [5.74, 6) is 0.215. The smallest absolute Gasteiger partial charge is 0.183 e. The first-order valence-electron chi connectivity index (χ1n) is 7.83. The summed E-state index contributed by atoms with van der Waals surface area (Å²) < 4.78 is 14.1. The van der Waals surface area contributed by atoms with Gasteiger partial charge in [0.05, 0.1) is 11.2 Å². The van der Waals surface area contributed by atoms with Crippen LogP contribution in [0.4, 0.5) is 10.2 Å². The average molecular weight is 349 g/mol. The molecule has 3 aromatic heterocycles. The van der Waals surface area contributed by atoms with Gasteiger partial charge in [0.1, 0.15) is 5.65 Å². The number of piperidine rings is 1. The number of hydrogen-bond acceptors (Lipinski definition) is 5. The van der Waals surface area contributed by atoms with E-state index < -0.39 is 5.82 Å². The lowest BCUT2D eigenvalue weighted by Gasteiger charge is -2.24. The maximum absolute atomic E-state index is 14.1. The molecule has 0 aliphatic carbocycles. The summed E-state index contributed by atoms with van der Waals surface area (Å²) in [6, 6.07) is 2.00. The Labute approximate surface area is 144 Å². The van der Waals surface area contributed by atoms with E-state index in [2.05, 4.69) is 30.6 Å². The Bertz CT molecular complexity index is 880. The molecular weight excluding hydrogens is 331 g/mol. The van der Waals surface area contributed by atoms with E-state index in [1.165, 1.54) is 6.20 Å². The third-order valence-corrected chi connectivity index (χ3v) is 4.37. The van der Waals surface area contributed by atoms with Crippen LogP contribution in [0.3, 0.4) is 0 Å². The summed E-state index contributed by atoms with van der Waals surface area (Å²) in [7, 11) is 0. The second kappa shape index (κ2) is 6.33. The van der Waals surface area contributed by atoms with Gasteiger partial charge in [0, 0.05) is 30.8 Å². The van der Waals surface area contributed by atoms with E-state index in [0.717, 1.165) is 36.9 Å². The number of nitrogens with zero attached hydrogens (tertiary/aromatic N) is 3. The summed E-state index contributed by atoms with van der Waals surface area (Å²) in [6.45, 7) is 1.84. The van der Waals surface area contributed by atoms with Gasteiger partial charge in [0.15, 0.2) is 17.5 Å². The normalized spacial score (nSPS) is 15.8. The number of pyridine rings is 1. The zero-order chi connectivity index (χ0) is 16.5. The standard InChI is InChI=1S/C16H16ClFN6.H2/c17-9-5-11-12(7-21-14(11)20-6-9)15-22-8-13(18)16(24-15)23-10-1-3-19-4-2-10;/h5-8,10,19H,1-4H2,(H,20,21)(H,22,23,24);1H. The second-order valence-corrected chi connectivity index (χ2v) is 6.25. The van der Waals surface area contributed by atoms with Crippen LogP contribution < -0.4 is 10.6 Å². The SMILES string of the molecule is Fc1cnc(-c2c[nH]c3ncc(Cl)cc23)nc1NC1CCNCC1.[HH]. The number of rotatable bonds is 3. The molecule has 0 saturated carbocycles. The lowest BCUT2D eigenvalue weighted by Crippen LogP contribution is -2.35. The van der Waals surface area contributed by atoms with Crippen molar-refractivity contribution in [3.8, 4) is 11.4 Å². The van der Waals surface area contributed by atoms with E-state index in [9.17, 15) is 4.39 Å². The van der Waals surface area contributed by atoms with Crippen molar-refractivity contribution in [1.29, 1.82) is 0 Å². The number of aromatic amines is 1. The van der Waals surface area contributed by atoms with E-state index in [0.29, 0.717) is 16.5 Å². The molecule has 4 rings (SSSR count). The number of halogens is 2. The molecule has 0 bridgehead atoms. The van der Waals surface area contributed by atoms with Crippen LogP contribution in [0.1, 0.15) is 14.3 Å². The molecule has 24 heavy (non-hydrogen) atoms. The Balaban J connectivity index is 0.00000182. The summed E-state index contributed by atoms with van der Waals surface area (Å²) in [5, 5.41) is 7.81. The van der Waals surface area contributed by atoms with Crippen molar-refractivity contribution in [2.24, 2.45) is 0 Å². The molecule has 6 nitrogen and oxygen atoms in total.